The molecule has 0 aromatic heterocycles. The van der Waals surface area contributed by atoms with Crippen molar-refractivity contribution in [3.8, 4) is 0 Å². The highest BCUT2D eigenvalue weighted by molar-refractivity contribution is 5.84. The van der Waals surface area contributed by atoms with Crippen molar-refractivity contribution < 1.29 is 14.7 Å². The van der Waals surface area contributed by atoms with E-state index in [1.54, 1.807) is 0 Å². The molecule has 1 fully saturated rings. The van der Waals surface area contributed by atoms with Gasteiger partial charge in [-0.3, -0.25) is 9.69 Å². The van der Waals surface area contributed by atoms with Crippen molar-refractivity contribution in [2.24, 2.45) is 11.7 Å². The van der Waals surface area contributed by atoms with Gasteiger partial charge in [-0.25, -0.2) is 4.79 Å². The van der Waals surface area contributed by atoms with Crippen molar-refractivity contribution in [3.63, 3.8) is 0 Å². The lowest BCUT2D eigenvalue weighted by Crippen LogP contribution is -2.51. The Balaban J connectivity index is 2.72. The van der Waals surface area contributed by atoms with Crippen LogP contribution in [0, 0.1) is 5.92 Å². The zero-order chi connectivity index (χ0) is 10.0. The maximum absolute atomic E-state index is 10.9. The summed E-state index contributed by atoms with van der Waals surface area (Å²) in [6.45, 7) is 2.40. The summed E-state index contributed by atoms with van der Waals surface area (Å²) in [5.74, 6) is -0.179. The van der Waals surface area contributed by atoms with E-state index >= 15 is 0 Å². The van der Waals surface area contributed by atoms with E-state index in [0.717, 1.165) is 11.3 Å². The first kappa shape index (κ1) is 9.83. The summed E-state index contributed by atoms with van der Waals surface area (Å²) >= 11 is 0. The Morgan fingerprint density at radius 3 is 2.62 bits per heavy atom. The van der Waals surface area contributed by atoms with Crippen molar-refractivity contribution in [1.82, 2.24) is 4.90 Å². The number of piperidine rings is 1. The molecule has 1 saturated heterocycles. The van der Waals surface area contributed by atoms with Crippen LogP contribution in [0.3, 0.4) is 0 Å². The number of primary amides is 1. The molecule has 1 aliphatic rings. The highest BCUT2D eigenvalue weighted by Crippen LogP contribution is 2.22. The molecule has 2 atom stereocenters. The van der Waals surface area contributed by atoms with Crippen molar-refractivity contribution in [3.05, 3.63) is 0 Å². The second kappa shape index (κ2) is 3.64. The third-order valence-corrected chi connectivity index (χ3v) is 2.44. The van der Waals surface area contributed by atoms with Gasteiger partial charge >= 0.3 is 6.09 Å². The summed E-state index contributed by atoms with van der Waals surface area (Å²) in [7, 11) is 0. The van der Waals surface area contributed by atoms with Crippen LogP contribution in [0.15, 0.2) is 0 Å². The quantitative estimate of drug-likeness (QED) is 0.615. The van der Waals surface area contributed by atoms with Crippen LogP contribution in [0.1, 0.15) is 19.8 Å². The van der Waals surface area contributed by atoms with Gasteiger partial charge in [-0.05, 0) is 18.8 Å². The van der Waals surface area contributed by atoms with E-state index in [1.807, 2.05) is 6.92 Å². The first-order chi connectivity index (χ1) is 6.02. The summed E-state index contributed by atoms with van der Waals surface area (Å²) < 4.78 is 0. The summed E-state index contributed by atoms with van der Waals surface area (Å²) in [4.78, 5) is 22.8. The smallest absolute Gasteiger partial charge is 0.407 e. The predicted octanol–water partition coefficient (Wildman–Crippen LogP) is 0.250. The molecule has 0 radical (unpaired) electrons. The van der Waals surface area contributed by atoms with Crippen molar-refractivity contribution in [2.75, 3.05) is 6.54 Å². The molecule has 1 rings (SSSR count). The van der Waals surface area contributed by atoms with Gasteiger partial charge in [-0.2, -0.15) is 0 Å². The molecule has 1 unspecified atom stereocenters. The fourth-order valence-corrected chi connectivity index (χ4v) is 1.64. The van der Waals surface area contributed by atoms with Gasteiger partial charge in [0.05, 0.1) is 0 Å². The number of likely N-dealkylation sites (tertiary alicyclic amines) is 1. The minimum Gasteiger partial charge on any atom is -0.465 e. The molecular weight excluding hydrogens is 172 g/mol. The van der Waals surface area contributed by atoms with E-state index in [-0.39, 0.29) is 0 Å². The molecule has 0 aliphatic carbocycles. The fourth-order valence-electron chi connectivity index (χ4n) is 1.64. The standard InChI is InChI=1S/C8H14N2O3/c1-5-2-3-10(8(12)13)6(4-5)7(9)11/h5-6H,2-4H2,1H3,(H2,9,11)(H,12,13)/t5?,6-/m1/s1. The average molecular weight is 186 g/mol. The van der Waals surface area contributed by atoms with E-state index in [1.165, 1.54) is 0 Å². The minimum atomic E-state index is -1.06. The minimum absolute atomic E-state index is 0.369. The third-order valence-electron chi connectivity index (χ3n) is 2.44. The van der Waals surface area contributed by atoms with Gasteiger partial charge in [0.2, 0.25) is 5.91 Å². The number of carbonyl (C=O) groups excluding carboxylic acids is 1. The lowest BCUT2D eigenvalue weighted by Gasteiger charge is -2.34. The molecule has 3 N–H and O–H groups in total. The Bertz CT molecular complexity index is 229. The van der Waals surface area contributed by atoms with Crippen LogP contribution >= 0.6 is 0 Å². The van der Waals surface area contributed by atoms with Gasteiger partial charge in [-0.15, -0.1) is 0 Å². The molecule has 0 aromatic carbocycles. The van der Waals surface area contributed by atoms with Gasteiger partial charge in [0.25, 0.3) is 0 Å². The zero-order valence-corrected chi connectivity index (χ0v) is 7.56. The van der Waals surface area contributed by atoms with E-state index in [0.29, 0.717) is 18.9 Å². The number of amides is 2. The Labute approximate surface area is 76.5 Å². The maximum Gasteiger partial charge on any atom is 0.407 e. The summed E-state index contributed by atoms with van der Waals surface area (Å²) in [6, 6.07) is -0.638. The molecule has 5 heteroatoms. The second-order valence-electron chi connectivity index (χ2n) is 3.52. The van der Waals surface area contributed by atoms with Crippen LogP contribution in [0.2, 0.25) is 0 Å². The molecule has 1 aliphatic heterocycles. The van der Waals surface area contributed by atoms with Gasteiger partial charge in [0.1, 0.15) is 6.04 Å². The number of hydrogen-bond donors (Lipinski definition) is 2. The Morgan fingerprint density at radius 1 is 1.54 bits per heavy atom. The van der Waals surface area contributed by atoms with Gasteiger partial charge in [0, 0.05) is 6.54 Å². The normalized spacial score (nSPS) is 28.5. The van der Waals surface area contributed by atoms with E-state index in [2.05, 4.69) is 0 Å². The van der Waals surface area contributed by atoms with Gasteiger partial charge in [-0.1, -0.05) is 6.92 Å². The van der Waals surface area contributed by atoms with Crippen molar-refractivity contribution in [1.29, 1.82) is 0 Å². The first-order valence-electron chi connectivity index (χ1n) is 4.31. The summed E-state index contributed by atoms with van der Waals surface area (Å²) in [5, 5.41) is 8.76. The predicted molar refractivity (Wildman–Crippen MR) is 46.1 cm³/mol. The zero-order valence-electron chi connectivity index (χ0n) is 7.56. The first-order valence-corrected chi connectivity index (χ1v) is 4.31. The Hall–Kier alpha value is -1.26. The molecular formula is C8H14N2O3. The number of nitrogens with zero attached hydrogens (tertiary/aromatic N) is 1. The molecule has 0 spiro atoms. The molecule has 1 heterocycles. The highest BCUT2D eigenvalue weighted by Gasteiger charge is 2.33. The third kappa shape index (κ3) is 2.11. The lowest BCUT2D eigenvalue weighted by atomic mass is 9.92. The van der Waals surface area contributed by atoms with Gasteiger partial charge in [0.15, 0.2) is 0 Å². The maximum atomic E-state index is 10.9. The van der Waals surface area contributed by atoms with E-state index in [9.17, 15) is 9.59 Å². The second-order valence-corrected chi connectivity index (χ2v) is 3.52. The monoisotopic (exact) mass is 186 g/mol. The van der Waals surface area contributed by atoms with E-state index in [4.69, 9.17) is 10.8 Å². The summed E-state index contributed by atoms with van der Waals surface area (Å²) in [5.41, 5.74) is 5.11. The van der Waals surface area contributed by atoms with Crippen LogP contribution in [0.4, 0.5) is 4.79 Å². The molecule has 0 aromatic rings. The molecule has 0 bridgehead atoms. The topological polar surface area (TPSA) is 83.6 Å². The number of carboxylic acid groups (broad SMARTS) is 1. The van der Waals surface area contributed by atoms with Crippen molar-refractivity contribution in [2.45, 2.75) is 25.8 Å². The van der Waals surface area contributed by atoms with Crippen molar-refractivity contribution >= 4 is 12.0 Å². The molecule has 5 nitrogen and oxygen atoms in total. The molecule has 13 heavy (non-hydrogen) atoms. The number of hydrogen-bond acceptors (Lipinski definition) is 2. The number of carbonyl (C=O) groups is 2. The summed E-state index contributed by atoms with van der Waals surface area (Å²) in [6.07, 6.45) is 0.285. The largest absolute Gasteiger partial charge is 0.465 e. The highest BCUT2D eigenvalue weighted by atomic mass is 16.4. The number of nitrogens with two attached hydrogens (primary N) is 1. The lowest BCUT2D eigenvalue weighted by molar-refractivity contribution is -0.124. The molecule has 2 amide bonds. The SMILES string of the molecule is CC1CCN(C(=O)O)[C@@H](C(N)=O)C1. The van der Waals surface area contributed by atoms with Crippen LogP contribution in [0.5, 0.6) is 0 Å². The molecule has 74 valence electrons. The van der Waals surface area contributed by atoms with Crippen LogP contribution in [-0.2, 0) is 4.79 Å². The van der Waals surface area contributed by atoms with Crippen LogP contribution < -0.4 is 5.73 Å². The fraction of sp³-hybridized carbons (Fsp3) is 0.750. The Kier molecular flexibility index (Phi) is 2.75. The van der Waals surface area contributed by atoms with E-state index < -0.39 is 18.0 Å². The average Bonchev–Trinajstić information content (AvgIpc) is 2.03. The van der Waals surface area contributed by atoms with Crippen LogP contribution in [-0.4, -0.2) is 34.6 Å². The molecule has 0 saturated carbocycles. The number of rotatable bonds is 1. The Morgan fingerprint density at radius 2 is 2.15 bits per heavy atom. The van der Waals surface area contributed by atoms with Crippen LogP contribution in [0.25, 0.3) is 0 Å². The van der Waals surface area contributed by atoms with Gasteiger partial charge < -0.3 is 10.8 Å².